The third-order valence-corrected chi connectivity index (χ3v) is 4.48. The van der Waals surface area contributed by atoms with Crippen LogP contribution in [0.4, 0.5) is 11.4 Å². The summed E-state index contributed by atoms with van der Waals surface area (Å²) in [6, 6.07) is 17.5. The molecule has 1 aliphatic rings. The minimum absolute atomic E-state index is 0.183. The Morgan fingerprint density at radius 2 is 1.58 bits per heavy atom. The first-order valence-electron chi connectivity index (χ1n) is 8.32. The molecule has 0 unspecified atom stereocenters. The summed E-state index contributed by atoms with van der Waals surface area (Å²) in [6.45, 7) is 2.84. The van der Waals surface area contributed by atoms with Gasteiger partial charge in [-0.3, -0.25) is 9.47 Å². The maximum absolute atomic E-state index is 10.7. The van der Waals surface area contributed by atoms with Gasteiger partial charge < -0.3 is 5.11 Å². The number of nitrogens with zero attached hydrogens (tertiary/aromatic N) is 4. The van der Waals surface area contributed by atoms with Crippen molar-refractivity contribution in [2.24, 2.45) is 10.2 Å². The number of likely N-dealkylation sites (tertiary alicyclic amines) is 1. The highest BCUT2D eigenvalue weighted by atomic mass is 16.3. The number of hydrogen-bond acceptors (Lipinski definition) is 4. The van der Waals surface area contributed by atoms with Gasteiger partial charge in [0.25, 0.3) is 0 Å². The van der Waals surface area contributed by atoms with E-state index in [-0.39, 0.29) is 5.88 Å². The summed E-state index contributed by atoms with van der Waals surface area (Å²) in [4.78, 5) is 2.35. The Hall–Kier alpha value is -2.66. The number of para-hydroxylation sites is 1. The minimum atomic E-state index is 0.183. The van der Waals surface area contributed by atoms with Crippen LogP contribution in [0.2, 0.25) is 0 Å². The predicted molar refractivity (Wildman–Crippen MR) is 95.0 cm³/mol. The Morgan fingerprint density at radius 1 is 0.875 bits per heavy atom. The zero-order chi connectivity index (χ0) is 16.4. The lowest BCUT2D eigenvalue weighted by Crippen LogP contribution is -2.22. The molecule has 0 aliphatic carbocycles. The molecule has 1 aliphatic heterocycles. The molecule has 0 spiro atoms. The fraction of sp³-hybridized carbons (Fsp3) is 0.263. The average molecular weight is 320 g/mol. The van der Waals surface area contributed by atoms with Crippen LogP contribution in [-0.4, -0.2) is 27.7 Å². The molecular weight excluding hydrogens is 300 g/mol. The summed E-state index contributed by atoms with van der Waals surface area (Å²) in [5.74, 6) is 0.183. The van der Waals surface area contributed by atoms with Gasteiger partial charge in [0.1, 0.15) is 0 Å². The first kappa shape index (κ1) is 14.9. The lowest BCUT2D eigenvalue weighted by molar-refractivity contribution is 0.258. The highest BCUT2D eigenvalue weighted by Crippen LogP contribution is 2.39. The van der Waals surface area contributed by atoms with Crippen molar-refractivity contribution >= 4 is 22.3 Å². The molecule has 0 bridgehead atoms. The molecule has 0 radical (unpaired) electrons. The smallest absolute Gasteiger partial charge is 0.221 e. The number of benzene rings is 2. The van der Waals surface area contributed by atoms with Crippen LogP contribution >= 0.6 is 0 Å². The van der Waals surface area contributed by atoms with Crippen LogP contribution in [0.1, 0.15) is 12.8 Å². The SMILES string of the molecule is Oc1c(N=Nc2ccccc2)c2ccccc2n1CN1CCCC1. The summed E-state index contributed by atoms with van der Waals surface area (Å²) in [5, 5.41) is 20.3. The fourth-order valence-corrected chi connectivity index (χ4v) is 3.24. The lowest BCUT2D eigenvalue weighted by Gasteiger charge is -2.17. The molecule has 1 N–H and O–H groups in total. The topological polar surface area (TPSA) is 53.1 Å². The highest BCUT2D eigenvalue weighted by molar-refractivity contribution is 5.94. The van der Waals surface area contributed by atoms with Crippen LogP contribution < -0.4 is 0 Å². The van der Waals surface area contributed by atoms with Gasteiger partial charge in [0.15, 0.2) is 5.69 Å². The van der Waals surface area contributed by atoms with Gasteiger partial charge in [-0.15, -0.1) is 5.11 Å². The monoisotopic (exact) mass is 320 g/mol. The van der Waals surface area contributed by atoms with Crippen molar-refractivity contribution in [1.29, 1.82) is 0 Å². The summed E-state index contributed by atoms with van der Waals surface area (Å²) in [5.41, 5.74) is 2.30. The first-order chi connectivity index (χ1) is 11.8. The van der Waals surface area contributed by atoms with Gasteiger partial charge in [0, 0.05) is 5.39 Å². The van der Waals surface area contributed by atoms with Crippen LogP contribution in [0.15, 0.2) is 64.8 Å². The van der Waals surface area contributed by atoms with Crippen molar-refractivity contribution in [3.05, 3.63) is 54.6 Å². The maximum Gasteiger partial charge on any atom is 0.221 e. The molecule has 24 heavy (non-hydrogen) atoms. The zero-order valence-electron chi connectivity index (χ0n) is 13.5. The van der Waals surface area contributed by atoms with Crippen LogP contribution in [0.5, 0.6) is 5.88 Å². The Kier molecular flexibility index (Phi) is 4.01. The van der Waals surface area contributed by atoms with E-state index in [1.54, 1.807) is 0 Å². The number of rotatable bonds is 4. The molecule has 0 saturated carbocycles. The summed E-state index contributed by atoms with van der Waals surface area (Å²) in [6.07, 6.45) is 2.45. The Balaban J connectivity index is 1.74. The number of fused-ring (bicyclic) bond motifs is 1. The van der Waals surface area contributed by atoms with Gasteiger partial charge in [-0.05, 0) is 44.1 Å². The van der Waals surface area contributed by atoms with Gasteiger partial charge >= 0.3 is 0 Å². The molecule has 5 nitrogen and oxygen atoms in total. The molecule has 4 rings (SSSR count). The highest BCUT2D eigenvalue weighted by Gasteiger charge is 2.19. The van der Waals surface area contributed by atoms with Crippen molar-refractivity contribution < 1.29 is 5.11 Å². The van der Waals surface area contributed by atoms with E-state index in [9.17, 15) is 5.11 Å². The Labute approximate surface area is 140 Å². The molecule has 122 valence electrons. The Morgan fingerprint density at radius 3 is 2.38 bits per heavy atom. The van der Waals surface area contributed by atoms with Crippen molar-refractivity contribution in [2.75, 3.05) is 13.1 Å². The second kappa shape index (κ2) is 6.45. The molecule has 1 saturated heterocycles. The lowest BCUT2D eigenvalue weighted by atomic mass is 10.2. The van der Waals surface area contributed by atoms with Gasteiger partial charge in [-0.2, -0.15) is 5.11 Å². The molecule has 1 aromatic heterocycles. The number of aromatic nitrogens is 1. The molecular formula is C19H20N4O. The van der Waals surface area contributed by atoms with Crippen LogP contribution in [0, 0.1) is 0 Å². The number of hydrogen-bond donors (Lipinski definition) is 1. The largest absolute Gasteiger partial charge is 0.493 e. The van der Waals surface area contributed by atoms with E-state index in [0.29, 0.717) is 12.4 Å². The Bertz CT molecular complexity index is 864. The molecule has 2 heterocycles. The quantitative estimate of drug-likeness (QED) is 0.701. The molecule has 5 heteroatoms. The first-order valence-corrected chi connectivity index (χ1v) is 8.32. The number of aromatic hydroxyl groups is 1. The van der Waals surface area contributed by atoms with E-state index in [0.717, 1.165) is 29.7 Å². The van der Waals surface area contributed by atoms with Crippen molar-refractivity contribution in [3.8, 4) is 5.88 Å². The van der Waals surface area contributed by atoms with E-state index < -0.39 is 0 Å². The van der Waals surface area contributed by atoms with Crippen LogP contribution in [0.3, 0.4) is 0 Å². The molecule has 0 atom stereocenters. The third kappa shape index (κ3) is 2.78. The van der Waals surface area contributed by atoms with E-state index in [1.807, 2.05) is 59.2 Å². The molecule has 0 amide bonds. The fourth-order valence-electron chi connectivity index (χ4n) is 3.24. The molecule has 1 fully saturated rings. The van der Waals surface area contributed by atoms with Crippen molar-refractivity contribution in [1.82, 2.24) is 9.47 Å². The summed E-state index contributed by atoms with van der Waals surface area (Å²) >= 11 is 0. The van der Waals surface area contributed by atoms with Crippen LogP contribution in [0.25, 0.3) is 10.9 Å². The maximum atomic E-state index is 10.7. The van der Waals surface area contributed by atoms with Gasteiger partial charge in [0.2, 0.25) is 5.88 Å². The standard InChI is InChI=1S/C19H20N4O/c24-19-18(21-20-15-8-2-1-3-9-15)16-10-4-5-11-17(16)23(19)14-22-12-6-7-13-22/h1-5,8-11,24H,6-7,12-14H2. The predicted octanol–water partition coefficient (Wildman–Crippen LogP) is 4.82. The van der Waals surface area contributed by atoms with E-state index in [2.05, 4.69) is 15.1 Å². The number of azo groups is 1. The molecule has 2 aromatic carbocycles. The summed E-state index contributed by atoms with van der Waals surface area (Å²) < 4.78 is 1.93. The second-order valence-electron chi connectivity index (χ2n) is 6.12. The third-order valence-electron chi connectivity index (χ3n) is 4.48. The second-order valence-corrected chi connectivity index (χ2v) is 6.12. The van der Waals surface area contributed by atoms with E-state index in [1.165, 1.54) is 12.8 Å². The normalized spacial score (nSPS) is 15.7. The van der Waals surface area contributed by atoms with E-state index in [4.69, 9.17) is 0 Å². The molecule has 3 aromatic rings. The van der Waals surface area contributed by atoms with E-state index >= 15 is 0 Å². The van der Waals surface area contributed by atoms with Crippen molar-refractivity contribution in [2.45, 2.75) is 19.5 Å². The average Bonchev–Trinajstić information content (AvgIpc) is 3.22. The van der Waals surface area contributed by atoms with Gasteiger partial charge in [-0.25, -0.2) is 0 Å². The van der Waals surface area contributed by atoms with Crippen molar-refractivity contribution in [3.63, 3.8) is 0 Å². The van der Waals surface area contributed by atoms with Gasteiger partial charge in [0.05, 0.1) is 17.9 Å². The minimum Gasteiger partial charge on any atom is -0.493 e. The zero-order valence-corrected chi connectivity index (χ0v) is 13.5. The van der Waals surface area contributed by atoms with Crippen LogP contribution in [-0.2, 0) is 6.67 Å². The van der Waals surface area contributed by atoms with Gasteiger partial charge in [-0.1, -0.05) is 36.4 Å². The summed E-state index contributed by atoms with van der Waals surface area (Å²) in [7, 11) is 0.